The molecule has 1 aliphatic heterocycles. The highest BCUT2D eigenvalue weighted by atomic mass is 16.4. The lowest BCUT2D eigenvalue weighted by molar-refractivity contribution is -0.150. The van der Waals surface area contributed by atoms with Crippen molar-refractivity contribution in [1.82, 2.24) is 15.5 Å². The Morgan fingerprint density at radius 3 is 2.20 bits per heavy atom. The second kappa shape index (κ2) is 12.1. The zero-order valence-corrected chi connectivity index (χ0v) is 19.1. The number of aliphatic hydroxyl groups is 1. The summed E-state index contributed by atoms with van der Waals surface area (Å²) in [6.45, 7) is 1.38. The van der Waals surface area contributed by atoms with E-state index in [2.05, 4.69) is 10.6 Å². The number of hydrogen-bond acceptors (Lipinski definition) is 8. The van der Waals surface area contributed by atoms with E-state index in [0.29, 0.717) is 12.0 Å². The third kappa shape index (κ3) is 7.65. The Bertz CT molecular complexity index is 951. The van der Waals surface area contributed by atoms with E-state index < -0.39 is 66.4 Å². The van der Waals surface area contributed by atoms with Gasteiger partial charge in [-0.3, -0.25) is 19.2 Å². The number of aromatic hydroxyl groups is 1. The molecule has 0 spiro atoms. The molecule has 5 unspecified atom stereocenters. The van der Waals surface area contributed by atoms with Gasteiger partial charge in [0, 0.05) is 13.0 Å². The predicted molar refractivity (Wildman–Crippen MR) is 120 cm³/mol. The van der Waals surface area contributed by atoms with Crippen LogP contribution < -0.4 is 16.4 Å². The van der Waals surface area contributed by atoms with Crippen molar-refractivity contribution < 1.29 is 44.4 Å². The van der Waals surface area contributed by atoms with Crippen LogP contribution in [0, 0.1) is 0 Å². The SMILES string of the molecule is CC(O)C(N)C(=O)NC(Cc1ccc(O)cc1)C(=O)NC(CC(=O)O)C(=O)N1CCCC1C(=O)O. The molecule has 5 atom stereocenters. The first-order valence-corrected chi connectivity index (χ1v) is 11.0. The van der Waals surface area contributed by atoms with Gasteiger partial charge in [-0.1, -0.05) is 12.1 Å². The molecular formula is C22H30N4O9. The van der Waals surface area contributed by atoms with E-state index in [1.165, 1.54) is 31.2 Å². The molecule has 0 bridgehead atoms. The summed E-state index contributed by atoms with van der Waals surface area (Å²) in [5.41, 5.74) is 6.16. The van der Waals surface area contributed by atoms with E-state index in [9.17, 15) is 44.4 Å². The first kappa shape index (κ1) is 27.5. The monoisotopic (exact) mass is 494 g/mol. The summed E-state index contributed by atoms with van der Waals surface area (Å²) in [5.74, 6) is -5.28. The van der Waals surface area contributed by atoms with E-state index >= 15 is 0 Å². The fraction of sp³-hybridized carbons (Fsp3) is 0.500. The quantitative estimate of drug-likeness (QED) is 0.182. The number of hydrogen-bond donors (Lipinski definition) is 7. The zero-order chi connectivity index (χ0) is 26.3. The molecule has 1 aromatic carbocycles. The number of aliphatic carboxylic acids is 2. The molecule has 13 heteroatoms. The number of aliphatic hydroxyl groups excluding tert-OH is 1. The molecule has 1 aromatic rings. The van der Waals surface area contributed by atoms with Gasteiger partial charge in [0.1, 0.15) is 29.9 Å². The van der Waals surface area contributed by atoms with Crippen LogP contribution in [0.5, 0.6) is 5.75 Å². The highest BCUT2D eigenvalue weighted by Gasteiger charge is 2.39. The van der Waals surface area contributed by atoms with Gasteiger partial charge in [-0.2, -0.15) is 0 Å². The minimum absolute atomic E-state index is 0.0272. The van der Waals surface area contributed by atoms with Gasteiger partial charge in [-0.05, 0) is 37.5 Å². The van der Waals surface area contributed by atoms with Gasteiger partial charge in [0.15, 0.2) is 0 Å². The number of carboxylic acids is 2. The Morgan fingerprint density at radius 1 is 1.06 bits per heavy atom. The molecule has 1 fully saturated rings. The fourth-order valence-electron chi connectivity index (χ4n) is 3.70. The van der Waals surface area contributed by atoms with Crippen LogP contribution >= 0.6 is 0 Å². The molecular weight excluding hydrogens is 464 g/mol. The summed E-state index contributed by atoms with van der Waals surface area (Å²) in [6.07, 6.45) is -1.53. The summed E-state index contributed by atoms with van der Waals surface area (Å²) >= 11 is 0. The summed E-state index contributed by atoms with van der Waals surface area (Å²) in [5, 5.41) is 42.4. The standard InChI is InChI=1S/C22H30N4O9/c1-11(27)18(23)20(32)24-14(9-12-4-6-13(28)7-5-12)19(31)25-15(10-17(29)30)21(33)26-8-2-3-16(26)22(34)35/h4-7,11,14-16,18,27-28H,2-3,8-10,23H2,1H3,(H,24,32)(H,25,31)(H,29,30)(H,34,35). The van der Waals surface area contributed by atoms with E-state index in [1.54, 1.807) is 0 Å². The maximum Gasteiger partial charge on any atom is 0.326 e. The number of carbonyl (C=O) groups excluding carboxylic acids is 3. The molecule has 3 amide bonds. The van der Waals surface area contributed by atoms with Crippen LogP contribution in [0.3, 0.4) is 0 Å². The lowest BCUT2D eigenvalue weighted by Crippen LogP contribution is -2.59. The molecule has 1 saturated heterocycles. The smallest absolute Gasteiger partial charge is 0.326 e. The lowest BCUT2D eigenvalue weighted by atomic mass is 10.0. The van der Waals surface area contributed by atoms with E-state index in [1.807, 2.05) is 0 Å². The number of likely N-dealkylation sites (tertiary alicyclic amines) is 1. The van der Waals surface area contributed by atoms with E-state index in [0.717, 1.165) is 4.90 Å². The van der Waals surface area contributed by atoms with Gasteiger partial charge < -0.3 is 41.7 Å². The van der Waals surface area contributed by atoms with Crippen molar-refractivity contribution in [2.24, 2.45) is 5.73 Å². The largest absolute Gasteiger partial charge is 0.508 e. The molecule has 0 aromatic heterocycles. The number of nitrogens with two attached hydrogens (primary N) is 1. The first-order chi connectivity index (χ1) is 16.4. The van der Waals surface area contributed by atoms with Gasteiger partial charge in [0.25, 0.3) is 0 Å². The van der Waals surface area contributed by atoms with E-state index in [4.69, 9.17) is 5.73 Å². The Labute approximate surface area is 200 Å². The van der Waals surface area contributed by atoms with Crippen LogP contribution in [0.4, 0.5) is 0 Å². The molecule has 1 aliphatic rings. The third-order valence-electron chi connectivity index (χ3n) is 5.65. The van der Waals surface area contributed by atoms with Crippen molar-refractivity contribution in [1.29, 1.82) is 0 Å². The number of phenolic OH excluding ortho intramolecular Hbond substituents is 1. The van der Waals surface area contributed by atoms with Crippen LogP contribution in [0.25, 0.3) is 0 Å². The van der Waals surface area contributed by atoms with Gasteiger partial charge in [-0.15, -0.1) is 0 Å². The Hall–Kier alpha value is -3.71. The normalized spacial score (nSPS) is 18.7. The number of rotatable bonds is 11. The Kier molecular flexibility index (Phi) is 9.54. The molecule has 13 nitrogen and oxygen atoms in total. The van der Waals surface area contributed by atoms with Crippen molar-refractivity contribution in [2.45, 2.75) is 62.9 Å². The van der Waals surface area contributed by atoms with Gasteiger partial charge in [0.05, 0.1) is 12.5 Å². The Morgan fingerprint density at radius 2 is 1.66 bits per heavy atom. The number of amides is 3. The highest BCUT2D eigenvalue weighted by Crippen LogP contribution is 2.19. The van der Waals surface area contributed by atoms with E-state index in [-0.39, 0.29) is 25.1 Å². The second-order valence-electron chi connectivity index (χ2n) is 8.39. The number of phenols is 1. The maximum absolute atomic E-state index is 13.1. The Balaban J connectivity index is 2.27. The van der Waals surface area contributed by atoms with Crippen molar-refractivity contribution >= 4 is 29.7 Å². The third-order valence-corrected chi connectivity index (χ3v) is 5.65. The highest BCUT2D eigenvalue weighted by molar-refractivity contribution is 5.96. The van der Waals surface area contributed by atoms with Crippen LogP contribution in [0.2, 0.25) is 0 Å². The molecule has 0 radical (unpaired) electrons. The number of nitrogens with one attached hydrogen (secondary N) is 2. The maximum atomic E-state index is 13.1. The lowest BCUT2D eigenvalue weighted by Gasteiger charge is -2.28. The molecule has 0 aliphatic carbocycles. The second-order valence-corrected chi connectivity index (χ2v) is 8.39. The summed E-state index contributed by atoms with van der Waals surface area (Å²) < 4.78 is 0. The molecule has 1 heterocycles. The average molecular weight is 495 g/mol. The number of benzene rings is 1. The minimum atomic E-state index is -1.58. The topological polar surface area (TPSA) is 220 Å². The zero-order valence-electron chi connectivity index (χ0n) is 19.1. The molecule has 8 N–H and O–H groups in total. The average Bonchev–Trinajstić information content (AvgIpc) is 3.28. The molecule has 2 rings (SSSR count). The van der Waals surface area contributed by atoms with Crippen molar-refractivity contribution in [2.75, 3.05) is 6.54 Å². The number of nitrogens with zero attached hydrogens (tertiary/aromatic N) is 1. The van der Waals surface area contributed by atoms with Crippen LogP contribution in [0.15, 0.2) is 24.3 Å². The summed E-state index contributed by atoms with van der Waals surface area (Å²) in [7, 11) is 0. The number of carbonyl (C=O) groups is 5. The van der Waals surface area contributed by atoms with Gasteiger partial charge in [-0.25, -0.2) is 4.79 Å². The first-order valence-electron chi connectivity index (χ1n) is 11.0. The van der Waals surface area contributed by atoms with Crippen LogP contribution in [0.1, 0.15) is 31.7 Å². The van der Waals surface area contributed by atoms with Crippen LogP contribution in [-0.4, -0.2) is 91.8 Å². The minimum Gasteiger partial charge on any atom is -0.508 e. The van der Waals surface area contributed by atoms with Gasteiger partial charge in [0.2, 0.25) is 17.7 Å². The molecule has 192 valence electrons. The summed E-state index contributed by atoms with van der Waals surface area (Å²) in [4.78, 5) is 62.4. The predicted octanol–water partition coefficient (Wildman–Crippen LogP) is -1.84. The summed E-state index contributed by atoms with van der Waals surface area (Å²) in [6, 6.07) is 0.331. The van der Waals surface area contributed by atoms with Crippen molar-refractivity contribution in [3.63, 3.8) is 0 Å². The number of carboxylic acid groups (broad SMARTS) is 2. The molecule has 0 saturated carbocycles. The van der Waals surface area contributed by atoms with Crippen molar-refractivity contribution in [3.05, 3.63) is 29.8 Å². The fourth-order valence-corrected chi connectivity index (χ4v) is 3.70. The van der Waals surface area contributed by atoms with Crippen molar-refractivity contribution in [3.8, 4) is 5.75 Å². The van der Waals surface area contributed by atoms with Crippen LogP contribution in [-0.2, 0) is 30.4 Å². The molecule has 35 heavy (non-hydrogen) atoms. The van der Waals surface area contributed by atoms with Gasteiger partial charge >= 0.3 is 11.9 Å².